The lowest BCUT2D eigenvalue weighted by Gasteiger charge is -2.09. The lowest BCUT2D eigenvalue weighted by atomic mass is 9.99. The smallest absolute Gasteiger partial charge is 0.00682 e. The summed E-state index contributed by atoms with van der Waals surface area (Å²) in [6.07, 6.45) is 7.77. The van der Waals surface area contributed by atoms with E-state index in [1.54, 1.807) is 5.56 Å². The van der Waals surface area contributed by atoms with Crippen LogP contribution in [0, 0.1) is 0 Å². The molecule has 0 spiro atoms. The predicted molar refractivity (Wildman–Crippen MR) is 78.0 cm³/mol. The fourth-order valence-corrected chi connectivity index (χ4v) is 2.34. The average molecular weight is 246 g/mol. The van der Waals surface area contributed by atoms with Crippen molar-refractivity contribution in [2.45, 2.75) is 44.6 Å². The van der Waals surface area contributed by atoms with Crippen molar-refractivity contribution < 1.29 is 0 Å². The van der Waals surface area contributed by atoms with Gasteiger partial charge in [0.25, 0.3) is 0 Å². The monoisotopic (exact) mass is 246 g/mol. The second-order valence-electron chi connectivity index (χ2n) is 5.31. The molecule has 0 atom stereocenters. The molecule has 18 heavy (non-hydrogen) atoms. The minimum absolute atomic E-state index is 0.855. The summed E-state index contributed by atoms with van der Waals surface area (Å²) >= 11 is 0. The Labute approximate surface area is 111 Å². The molecule has 100 valence electrons. The van der Waals surface area contributed by atoms with Gasteiger partial charge in [0, 0.05) is 6.04 Å². The van der Waals surface area contributed by atoms with Gasteiger partial charge in [-0.25, -0.2) is 0 Å². The highest BCUT2D eigenvalue weighted by Gasteiger charge is 2.19. The van der Waals surface area contributed by atoms with Crippen LogP contribution < -0.4 is 10.6 Å². The third-order valence-corrected chi connectivity index (χ3v) is 3.65. The summed E-state index contributed by atoms with van der Waals surface area (Å²) in [7, 11) is 2.02. The Bertz CT molecular complexity index is 345. The van der Waals surface area contributed by atoms with Gasteiger partial charge in [-0.05, 0) is 69.8 Å². The minimum atomic E-state index is 0.855. The van der Waals surface area contributed by atoms with E-state index in [-0.39, 0.29) is 0 Å². The number of benzene rings is 1. The van der Waals surface area contributed by atoms with Crippen molar-refractivity contribution >= 4 is 0 Å². The maximum atomic E-state index is 3.58. The van der Waals surface area contributed by atoms with E-state index in [1.807, 2.05) is 7.05 Å². The van der Waals surface area contributed by atoms with E-state index in [4.69, 9.17) is 0 Å². The fraction of sp³-hybridized carbons (Fsp3) is 0.625. The van der Waals surface area contributed by atoms with E-state index in [0.29, 0.717) is 0 Å². The second kappa shape index (κ2) is 7.55. The van der Waals surface area contributed by atoms with Gasteiger partial charge in [0.1, 0.15) is 0 Å². The Morgan fingerprint density at radius 1 is 1.00 bits per heavy atom. The van der Waals surface area contributed by atoms with E-state index >= 15 is 0 Å². The average Bonchev–Trinajstić information content (AvgIpc) is 3.21. The molecule has 0 heterocycles. The van der Waals surface area contributed by atoms with Crippen LogP contribution in [0.2, 0.25) is 0 Å². The molecule has 0 bridgehead atoms. The van der Waals surface area contributed by atoms with Gasteiger partial charge < -0.3 is 10.6 Å². The van der Waals surface area contributed by atoms with Crippen LogP contribution in [0.15, 0.2) is 24.3 Å². The highest BCUT2D eigenvalue weighted by Crippen LogP contribution is 2.18. The Hall–Kier alpha value is -0.860. The highest BCUT2D eigenvalue weighted by atomic mass is 14.9. The van der Waals surface area contributed by atoms with Crippen molar-refractivity contribution in [3.8, 4) is 0 Å². The molecular formula is C16H26N2. The lowest BCUT2D eigenvalue weighted by Crippen LogP contribution is -2.17. The molecule has 2 rings (SSSR count). The van der Waals surface area contributed by atoms with Crippen molar-refractivity contribution in [2.75, 3.05) is 20.1 Å². The summed E-state index contributed by atoms with van der Waals surface area (Å²) in [4.78, 5) is 0. The number of nitrogens with one attached hydrogen (secondary N) is 2. The van der Waals surface area contributed by atoms with Gasteiger partial charge in [-0.2, -0.15) is 0 Å². The van der Waals surface area contributed by atoms with Crippen LogP contribution in [0.1, 0.15) is 36.8 Å². The number of unbranched alkanes of at least 4 members (excludes halogenated alkanes) is 1. The van der Waals surface area contributed by atoms with E-state index in [1.165, 1.54) is 44.2 Å². The van der Waals surface area contributed by atoms with Crippen LogP contribution in [0.5, 0.6) is 0 Å². The summed E-state index contributed by atoms with van der Waals surface area (Å²) in [5.74, 6) is 0. The van der Waals surface area contributed by atoms with E-state index in [9.17, 15) is 0 Å². The zero-order valence-corrected chi connectivity index (χ0v) is 11.5. The number of hydrogen-bond acceptors (Lipinski definition) is 2. The maximum Gasteiger partial charge on any atom is 0.00682 e. The molecule has 0 aromatic heterocycles. The van der Waals surface area contributed by atoms with Gasteiger partial charge in [-0.1, -0.05) is 24.3 Å². The van der Waals surface area contributed by atoms with Crippen LogP contribution in [-0.4, -0.2) is 26.2 Å². The molecule has 2 heteroatoms. The Morgan fingerprint density at radius 3 is 2.39 bits per heavy atom. The van der Waals surface area contributed by atoms with Crippen molar-refractivity contribution in [2.24, 2.45) is 0 Å². The molecule has 0 aliphatic heterocycles. The van der Waals surface area contributed by atoms with Crippen LogP contribution >= 0.6 is 0 Å². The van der Waals surface area contributed by atoms with Crippen LogP contribution in [0.3, 0.4) is 0 Å². The first-order valence-corrected chi connectivity index (χ1v) is 7.35. The summed E-state index contributed by atoms with van der Waals surface area (Å²) in [6, 6.07) is 9.74. The largest absolute Gasteiger partial charge is 0.319 e. The van der Waals surface area contributed by atoms with Crippen LogP contribution in [-0.2, 0) is 12.8 Å². The van der Waals surface area contributed by atoms with Crippen molar-refractivity contribution in [3.05, 3.63) is 35.4 Å². The lowest BCUT2D eigenvalue weighted by molar-refractivity contribution is 0.618. The number of rotatable bonds is 9. The van der Waals surface area contributed by atoms with Crippen molar-refractivity contribution in [1.82, 2.24) is 10.6 Å². The van der Waals surface area contributed by atoms with Crippen LogP contribution in [0.4, 0.5) is 0 Å². The fourth-order valence-electron chi connectivity index (χ4n) is 2.34. The molecule has 1 aliphatic rings. The van der Waals surface area contributed by atoms with Crippen molar-refractivity contribution in [3.63, 3.8) is 0 Å². The molecule has 2 nitrogen and oxygen atoms in total. The van der Waals surface area contributed by atoms with Crippen molar-refractivity contribution in [1.29, 1.82) is 0 Å². The van der Waals surface area contributed by atoms with Gasteiger partial charge >= 0.3 is 0 Å². The predicted octanol–water partition coefficient (Wildman–Crippen LogP) is 2.52. The summed E-state index contributed by atoms with van der Waals surface area (Å²) < 4.78 is 0. The molecular weight excluding hydrogens is 220 g/mol. The topological polar surface area (TPSA) is 24.1 Å². The van der Waals surface area contributed by atoms with Gasteiger partial charge in [0.15, 0.2) is 0 Å². The molecule has 2 N–H and O–H groups in total. The summed E-state index contributed by atoms with van der Waals surface area (Å²) in [6.45, 7) is 2.27. The Kier molecular flexibility index (Phi) is 5.69. The SMILES string of the molecule is CNCCc1ccccc1CCCCNC1CC1. The third kappa shape index (κ3) is 4.79. The number of hydrogen-bond donors (Lipinski definition) is 2. The summed E-state index contributed by atoms with van der Waals surface area (Å²) in [5, 5.41) is 6.81. The van der Waals surface area contributed by atoms with Gasteiger partial charge in [0.2, 0.25) is 0 Å². The first-order valence-electron chi connectivity index (χ1n) is 7.35. The zero-order chi connectivity index (χ0) is 12.6. The maximum absolute atomic E-state index is 3.58. The zero-order valence-electron chi connectivity index (χ0n) is 11.5. The molecule has 1 aromatic carbocycles. The molecule has 0 unspecified atom stereocenters. The standard InChI is InChI=1S/C16H26N2/c1-17-13-11-15-7-3-2-6-14(15)8-4-5-12-18-16-9-10-16/h2-3,6-7,16-18H,4-5,8-13H2,1H3. The Balaban J connectivity index is 1.69. The highest BCUT2D eigenvalue weighted by molar-refractivity contribution is 5.27. The third-order valence-electron chi connectivity index (χ3n) is 3.65. The molecule has 0 radical (unpaired) electrons. The number of aryl methyl sites for hydroxylation is 1. The quantitative estimate of drug-likeness (QED) is 0.654. The van der Waals surface area contributed by atoms with Crippen LogP contribution in [0.25, 0.3) is 0 Å². The second-order valence-corrected chi connectivity index (χ2v) is 5.31. The molecule has 1 saturated carbocycles. The van der Waals surface area contributed by atoms with E-state index in [2.05, 4.69) is 34.9 Å². The van der Waals surface area contributed by atoms with Gasteiger partial charge in [-0.15, -0.1) is 0 Å². The number of likely N-dealkylation sites (N-methyl/N-ethyl adjacent to an activating group) is 1. The molecule has 1 fully saturated rings. The van der Waals surface area contributed by atoms with E-state index < -0.39 is 0 Å². The normalized spacial score (nSPS) is 14.9. The first kappa shape index (κ1) is 13.6. The molecule has 0 amide bonds. The minimum Gasteiger partial charge on any atom is -0.319 e. The molecule has 0 saturated heterocycles. The van der Waals surface area contributed by atoms with Gasteiger partial charge in [-0.3, -0.25) is 0 Å². The van der Waals surface area contributed by atoms with E-state index in [0.717, 1.165) is 19.0 Å². The van der Waals surface area contributed by atoms with Gasteiger partial charge in [0.05, 0.1) is 0 Å². The molecule has 1 aromatic rings. The first-order chi connectivity index (χ1) is 8.90. The molecule has 1 aliphatic carbocycles. The summed E-state index contributed by atoms with van der Waals surface area (Å²) in [5.41, 5.74) is 3.06. The Morgan fingerprint density at radius 2 is 1.72 bits per heavy atom.